The van der Waals surface area contributed by atoms with E-state index in [1.165, 1.54) is 0 Å². The van der Waals surface area contributed by atoms with Crippen LogP contribution in [0.15, 0.2) is 65.5 Å². The molecule has 2 rings (SSSR count). The van der Waals surface area contributed by atoms with Gasteiger partial charge in [0.2, 0.25) is 10.0 Å². The number of terminal acetylenes is 1. The third kappa shape index (κ3) is 4.56. The number of aryl methyl sites for hydroxylation is 1. The molecule has 3 nitrogen and oxygen atoms in total. The summed E-state index contributed by atoms with van der Waals surface area (Å²) in [6.45, 7) is 1.73. The zero-order valence-electron chi connectivity index (χ0n) is 13.9. The summed E-state index contributed by atoms with van der Waals surface area (Å²) < 4.78 is 34.7. The van der Waals surface area contributed by atoms with E-state index < -0.39 is 10.0 Å². The third-order valence-corrected chi connectivity index (χ3v) is 5.07. The zero-order chi connectivity index (χ0) is 17.6. The van der Waals surface area contributed by atoms with Crippen molar-refractivity contribution < 1.29 is 9.79 Å². The fraction of sp³-hybridized carbons (Fsp3) is 0.158. The minimum atomic E-state index is -3.74. The van der Waals surface area contributed by atoms with Crippen LogP contribution in [-0.2, 0) is 10.0 Å². The van der Waals surface area contributed by atoms with Crippen LogP contribution in [0.3, 0.4) is 0 Å². The molecule has 0 heterocycles. The Bertz CT molecular complexity index is 850. The lowest BCUT2D eigenvalue weighted by molar-refractivity contribution is 0.478. The lowest BCUT2D eigenvalue weighted by atomic mass is 10.2. The highest BCUT2D eigenvalue weighted by atomic mass is 32.2. The second kappa shape index (κ2) is 7.77. The van der Waals surface area contributed by atoms with Gasteiger partial charge in [0.25, 0.3) is 0 Å². The Hall–Kier alpha value is -2.35. The van der Waals surface area contributed by atoms with E-state index >= 15 is 0 Å². The molecule has 0 N–H and O–H groups in total. The fourth-order valence-corrected chi connectivity index (χ4v) is 3.27. The first kappa shape index (κ1) is 15.5. The van der Waals surface area contributed by atoms with E-state index in [-0.39, 0.29) is 24.0 Å². The molecule has 0 unspecified atom stereocenters. The van der Waals surface area contributed by atoms with Crippen LogP contribution in [0, 0.1) is 19.3 Å². The van der Waals surface area contributed by atoms with Crippen molar-refractivity contribution >= 4 is 16.1 Å². The minimum absolute atomic E-state index is 0.0741. The van der Waals surface area contributed by atoms with Gasteiger partial charge in [-0.05, 0) is 24.6 Å². The highest BCUT2D eigenvalue weighted by Crippen LogP contribution is 2.16. The standard InChI is InChI=1S/C19H19NO2S/c1-3-15-20(16-7-10-18-8-5-4-6-9-18)23(21,22)19-13-11-17(2)12-14-19/h1,4-14H,15-16H2,2H3/b10-7+/i7D. The zero-order valence-corrected chi connectivity index (χ0v) is 13.8. The Morgan fingerprint density at radius 3 is 2.43 bits per heavy atom. The normalized spacial score (nSPS) is 12.7. The summed E-state index contributed by atoms with van der Waals surface area (Å²) in [5, 5.41) is 0. The van der Waals surface area contributed by atoms with Crippen molar-refractivity contribution in [1.82, 2.24) is 4.31 Å². The molecule has 23 heavy (non-hydrogen) atoms. The molecule has 0 aliphatic carbocycles. The summed E-state index contributed by atoms with van der Waals surface area (Å²) >= 11 is 0. The Balaban J connectivity index is 2.27. The Morgan fingerprint density at radius 2 is 1.83 bits per heavy atom. The maximum Gasteiger partial charge on any atom is 0.244 e. The first-order chi connectivity index (χ1) is 11.4. The van der Waals surface area contributed by atoms with Crippen LogP contribution in [0.4, 0.5) is 0 Å². The van der Waals surface area contributed by atoms with Gasteiger partial charge in [-0.15, -0.1) is 6.42 Å². The third-order valence-electron chi connectivity index (χ3n) is 3.26. The van der Waals surface area contributed by atoms with Crippen LogP contribution >= 0.6 is 0 Å². The Kier molecular flexibility index (Phi) is 5.25. The molecule has 0 amide bonds. The summed E-state index contributed by atoms with van der Waals surface area (Å²) in [5.41, 5.74) is 1.82. The van der Waals surface area contributed by atoms with Crippen LogP contribution in [0.2, 0.25) is 0 Å². The number of hydrogen-bond donors (Lipinski definition) is 0. The molecule has 0 saturated heterocycles. The maximum atomic E-state index is 12.7. The second-order valence-corrected chi connectivity index (χ2v) is 6.99. The van der Waals surface area contributed by atoms with Crippen LogP contribution < -0.4 is 0 Å². The van der Waals surface area contributed by atoms with Crippen molar-refractivity contribution in [3.63, 3.8) is 0 Å². The van der Waals surface area contributed by atoms with Gasteiger partial charge in [0, 0.05) is 6.54 Å². The van der Waals surface area contributed by atoms with Gasteiger partial charge >= 0.3 is 0 Å². The Morgan fingerprint density at radius 1 is 1.17 bits per heavy atom. The van der Waals surface area contributed by atoms with Gasteiger partial charge < -0.3 is 0 Å². The first-order valence-corrected chi connectivity index (χ1v) is 8.60. The predicted molar refractivity (Wildman–Crippen MR) is 94.2 cm³/mol. The maximum absolute atomic E-state index is 12.7. The van der Waals surface area contributed by atoms with Gasteiger partial charge in [0.15, 0.2) is 0 Å². The molecule has 0 fully saturated rings. The highest BCUT2D eigenvalue weighted by Gasteiger charge is 2.22. The van der Waals surface area contributed by atoms with E-state index in [1.54, 1.807) is 30.3 Å². The van der Waals surface area contributed by atoms with Crippen molar-refractivity contribution in [2.24, 2.45) is 0 Å². The minimum Gasteiger partial charge on any atom is -0.207 e. The molecule has 0 aromatic heterocycles. The number of nitrogens with zero attached hydrogens (tertiary/aromatic N) is 1. The van der Waals surface area contributed by atoms with Crippen molar-refractivity contribution in [3.8, 4) is 12.3 Å². The molecular weight excluding hydrogens is 306 g/mol. The van der Waals surface area contributed by atoms with Crippen molar-refractivity contribution in [2.45, 2.75) is 11.8 Å². The molecule has 0 saturated carbocycles. The van der Waals surface area contributed by atoms with Gasteiger partial charge in [-0.2, -0.15) is 4.31 Å². The van der Waals surface area contributed by atoms with Gasteiger partial charge in [0.1, 0.15) is 0 Å². The number of hydrogen-bond acceptors (Lipinski definition) is 2. The summed E-state index contributed by atoms with van der Waals surface area (Å²) in [7, 11) is -3.74. The highest BCUT2D eigenvalue weighted by molar-refractivity contribution is 7.89. The molecule has 0 spiro atoms. The number of sulfonamides is 1. The SMILES string of the molecule is [2H]/C(=C\c1ccccc1)CN(CC#C)S(=O)(=O)c1ccc(C)cc1. The van der Waals surface area contributed by atoms with E-state index in [4.69, 9.17) is 7.79 Å². The van der Waals surface area contributed by atoms with Crippen molar-refractivity contribution in [2.75, 3.05) is 13.1 Å². The van der Waals surface area contributed by atoms with Gasteiger partial charge in [-0.3, -0.25) is 0 Å². The summed E-state index contributed by atoms with van der Waals surface area (Å²) in [6.07, 6.45) is 6.95. The average molecular weight is 326 g/mol. The van der Waals surface area contributed by atoms with E-state index in [1.807, 2.05) is 37.3 Å². The largest absolute Gasteiger partial charge is 0.244 e. The van der Waals surface area contributed by atoms with E-state index in [2.05, 4.69) is 5.92 Å². The molecule has 4 heteroatoms. The lowest BCUT2D eigenvalue weighted by Gasteiger charge is -2.18. The smallest absolute Gasteiger partial charge is 0.207 e. The molecular formula is C19H19NO2S. The summed E-state index contributed by atoms with van der Waals surface area (Å²) in [5.74, 6) is 2.36. The molecule has 2 aromatic rings. The van der Waals surface area contributed by atoms with E-state index in [0.29, 0.717) is 0 Å². The molecule has 0 bridgehead atoms. The van der Waals surface area contributed by atoms with Crippen LogP contribution in [0.25, 0.3) is 6.08 Å². The van der Waals surface area contributed by atoms with Gasteiger partial charge in [-0.25, -0.2) is 8.42 Å². The number of benzene rings is 2. The van der Waals surface area contributed by atoms with Gasteiger partial charge in [0.05, 0.1) is 12.8 Å². The molecule has 0 atom stereocenters. The summed E-state index contributed by atoms with van der Waals surface area (Å²) in [4.78, 5) is 0.177. The quantitative estimate of drug-likeness (QED) is 0.764. The Labute approximate surface area is 139 Å². The summed E-state index contributed by atoms with van der Waals surface area (Å²) in [6, 6.07) is 16.1. The van der Waals surface area contributed by atoms with Crippen molar-refractivity contribution in [3.05, 3.63) is 71.8 Å². The fourth-order valence-electron chi connectivity index (χ4n) is 2.00. The van der Waals surface area contributed by atoms with Crippen LogP contribution in [-0.4, -0.2) is 25.8 Å². The van der Waals surface area contributed by atoms with Crippen LogP contribution in [0.1, 0.15) is 12.5 Å². The average Bonchev–Trinajstić information content (AvgIpc) is 2.55. The van der Waals surface area contributed by atoms with Crippen LogP contribution in [0.5, 0.6) is 0 Å². The molecule has 118 valence electrons. The van der Waals surface area contributed by atoms with E-state index in [0.717, 1.165) is 15.4 Å². The molecule has 0 aliphatic rings. The monoisotopic (exact) mass is 326 g/mol. The van der Waals surface area contributed by atoms with E-state index in [9.17, 15) is 8.42 Å². The predicted octanol–water partition coefficient (Wildman–Crippen LogP) is 3.33. The molecule has 2 aromatic carbocycles. The molecule has 0 radical (unpaired) electrons. The first-order valence-electron chi connectivity index (χ1n) is 7.66. The topological polar surface area (TPSA) is 37.4 Å². The van der Waals surface area contributed by atoms with Gasteiger partial charge in [-0.1, -0.05) is 66.1 Å². The van der Waals surface area contributed by atoms with Crippen molar-refractivity contribution in [1.29, 1.82) is 0 Å². The lowest BCUT2D eigenvalue weighted by Crippen LogP contribution is -2.31. The molecule has 0 aliphatic heterocycles. The number of rotatable bonds is 6. The second-order valence-electron chi connectivity index (χ2n) is 5.05.